The molecule has 6 aromatic rings. The average molecular weight is 576 g/mol. The van der Waals surface area contributed by atoms with Crippen LogP contribution in [-0.4, -0.2) is 28.6 Å². The molecule has 3 nitrogen and oxygen atoms in total. The molecular weight excluding hydrogens is 536 g/mol. The van der Waals surface area contributed by atoms with E-state index in [4.69, 9.17) is 9.72 Å². The average Bonchev–Trinajstić information content (AvgIpc) is 3.09. The number of quaternary nitrogens is 1. The monoisotopic (exact) mass is 575 g/mol. The van der Waals surface area contributed by atoms with Gasteiger partial charge >= 0.3 is 0 Å². The van der Waals surface area contributed by atoms with Crippen LogP contribution in [0.4, 0.5) is 0 Å². The molecule has 0 spiro atoms. The molecule has 0 aliphatic carbocycles. The van der Waals surface area contributed by atoms with Crippen molar-refractivity contribution in [1.82, 2.24) is 4.98 Å². The second-order valence-corrected chi connectivity index (χ2v) is 13.0. The highest BCUT2D eigenvalue weighted by molar-refractivity contribution is 6.02. The largest absolute Gasteiger partial charge is 0.363 e. The summed E-state index contributed by atoms with van der Waals surface area (Å²) < 4.78 is 8.17. The highest BCUT2D eigenvalue weighted by atomic mass is 16.5. The second-order valence-electron chi connectivity index (χ2n) is 13.0. The van der Waals surface area contributed by atoms with E-state index in [1.54, 1.807) is 0 Å². The molecule has 3 saturated heterocycles. The molecule has 3 aliphatic heterocycles. The third-order valence-electron chi connectivity index (χ3n) is 10.6. The normalized spacial score (nSPS) is 23.7. The predicted octanol–water partition coefficient (Wildman–Crippen LogP) is 9.41. The number of ether oxygens (including phenoxy) is 1. The van der Waals surface area contributed by atoms with Gasteiger partial charge in [0.05, 0.1) is 25.2 Å². The summed E-state index contributed by atoms with van der Waals surface area (Å²) in [5, 5.41) is 6.58. The molecule has 3 aliphatic rings. The Morgan fingerprint density at radius 2 is 1.50 bits per heavy atom. The van der Waals surface area contributed by atoms with Crippen molar-refractivity contribution in [3.05, 3.63) is 151 Å². The SMILES string of the molecule is C=CC1C[N+]2(Cc3c4ccccc4cc4ccccc34)CCC1C[C@@H]2[C@H](OCc1ccccc1)c1ccnc2ccccc12. The van der Waals surface area contributed by atoms with Crippen molar-refractivity contribution in [3.63, 3.8) is 0 Å². The zero-order valence-electron chi connectivity index (χ0n) is 25.2. The van der Waals surface area contributed by atoms with Gasteiger partial charge in [0.1, 0.15) is 18.7 Å². The zero-order valence-corrected chi connectivity index (χ0v) is 25.2. The molecule has 218 valence electrons. The smallest absolute Gasteiger partial charge is 0.135 e. The van der Waals surface area contributed by atoms with E-state index in [9.17, 15) is 0 Å². The number of pyridine rings is 1. The third-order valence-corrected chi connectivity index (χ3v) is 10.6. The lowest BCUT2D eigenvalue weighted by molar-refractivity contribution is -0.984. The maximum atomic E-state index is 7.15. The summed E-state index contributed by atoms with van der Waals surface area (Å²) in [5.74, 6) is 1.16. The molecule has 1 aromatic heterocycles. The zero-order chi connectivity index (χ0) is 29.5. The van der Waals surface area contributed by atoms with Crippen LogP contribution in [0.25, 0.3) is 32.4 Å². The number of hydrogen-bond donors (Lipinski definition) is 0. The highest BCUT2D eigenvalue weighted by Gasteiger charge is 2.55. The summed E-state index contributed by atoms with van der Waals surface area (Å²) in [4.78, 5) is 4.74. The summed E-state index contributed by atoms with van der Waals surface area (Å²) >= 11 is 0. The Balaban J connectivity index is 1.30. The van der Waals surface area contributed by atoms with Gasteiger partial charge in [0.15, 0.2) is 0 Å². The first-order valence-corrected chi connectivity index (χ1v) is 16.1. The van der Waals surface area contributed by atoms with Gasteiger partial charge in [-0.2, -0.15) is 0 Å². The van der Waals surface area contributed by atoms with Crippen LogP contribution in [0.3, 0.4) is 0 Å². The van der Waals surface area contributed by atoms with Crippen LogP contribution < -0.4 is 0 Å². The minimum atomic E-state index is -0.0575. The maximum absolute atomic E-state index is 7.15. The topological polar surface area (TPSA) is 22.1 Å². The van der Waals surface area contributed by atoms with E-state index in [1.807, 2.05) is 6.20 Å². The number of piperidine rings is 3. The van der Waals surface area contributed by atoms with Crippen LogP contribution in [0.1, 0.15) is 35.6 Å². The molecule has 3 fully saturated rings. The van der Waals surface area contributed by atoms with E-state index in [2.05, 4.69) is 128 Å². The van der Waals surface area contributed by atoms with E-state index >= 15 is 0 Å². The van der Waals surface area contributed by atoms with Crippen molar-refractivity contribution in [2.45, 2.75) is 38.1 Å². The van der Waals surface area contributed by atoms with E-state index in [1.165, 1.54) is 50.0 Å². The first kappa shape index (κ1) is 27.3. The van der Waals surface area contributed by atoms with Gasteiger partial charge < -0.3 is 9.22 Å². The molecule has 5 atom stereocenters. The first-order valence-electron chi connectivity index (χ1n) is 16.1. The quantitative estimate of drug-likeness (QED) is 0.102. The van der Waals surface area contributed by atoms with Gasteiger partial charge in [-0.3, -0.25) is 4.98 Å². The molecular formula is C41H39N2O+. The number of aromatic nitrogens is 1. The summed E-state index contributed by atoms with van der Waals surface area (Å²) in [6, 6.07) is 42.0. The number of benzene rings is 5. The molecule has 3 heteroatoms. The second kappa shape index (κ2) is 11.3. The van der Waals surface area contributed by atoms with Gasteiger partial charge in [0.25, 0.3) is 0 Å². The van der Waals surface area contributed by atoms with Crippen molar-refractivity contribution in [1.29, 1.82) is 0 Å². The Bertz CT molecular complexity index is 1910. The minimum Gasteiger partial charge on any atom is -0.363 e. The fourth-order valence-electron chi connectivity index (χ4n) is 8.49. The summed E-state index contributed by atoms with van der Waals surface area (Å²) in [6.07, 6.45) is 6.53. The van der Waals surface area contributed by atoms with Crippen LogP contribution >= 0.6 is 0 Å². The van der Waals surface area contributed by atoms with Crippen molar-refractivity contribution in [2.24, 2.45) is 11.8 Å². The molecule has 0 saturated carbocycles. The Morgan fingerprint density at radius 3 is 2.25 bits per heavy atom. The van der Waals surface area contributed by atoms with Crippen molar-refractivity contribution >= 4 is 32.4 Å². The molecule has 4 heterocycles. The van der Waals surface area contributed by atoms with Crippen LogP contribution in [0.5, 0.6) is 0 Å². The Labute approximate surface area is 260 Å². The predicted molar refractivity (Wildman–Crippen MR) is 181 cm³/mol. The van der Waals surface area contributed by atoms with E-state index in [0.29, 0.717) is 24.5 Å². The Hall–Kier alpha value is -4.31. The molecule has 3 unspecified atom stereocenters. The Kier molecular flexibility index (Phi) is 7.01. The van der Waals surface area contributed by atoms with Crippen molar-refractivity contribution in [2.75, 3.05) is 13.1 Å². The maximum Gasteiger partial charge on any atom is 0.135 e. The molecule has 5 aromatic carbocycles. The standard InChI is InChI=1S/C41H39N2O/c1-2-30-26-43(27-38-34-16-8-6-14-32(34)24-33-15-7-9-17-35(33)38)23-21-31(30)25-40(43)41(44-28-29-12-4-3-5-13-29)37-20-22-42-39-19-11-10-18-36(37)39/h2-20,22,24,30-31,40-41H,1,21,23,25-28H2/q+1/t30?,31?,40-,41-,43?/m1/s1. The molecule has 2 bridgehead atoms. The van der Waals surface area contributed by atoms with Gasteiger partial charge in [-0.25, -0.2) is 0 Å². The first-order chi connectivity index (χ1) is 21.7. The van der Waals surface area contributed by atoms with Gasteiger partial charge in [-0.15, -0.1) is 6.58 Å². The highest BCUT2D eigenvalue weighted by Crippen LogP contribution is 2.50. The lowest BCUT2D eigenvalue weighted by Gasteiger charge is -2.58. The van der Waals surface area contributed by atoms with Crippen LogP contribution in [0, 0.1) is 11.8 Å². The van der Waals surface area contributed by atoms with Crippen molar-refractivity contribution < 1.29 is 9.22 Å². The lowest BCUT2D eigenvalue weighted by Crippen LogP contribution is -2.67. The van der Waals surface area contributed by atoms with E-state index in [0.717, 1.165) is 36.1 Å². The van der Waals surface area contributed by atoms with Crippen LogP contribution in [0.15, 0.2) is 134 Å². The molecule has 0 radical (unpaired) electrons. The van der Waals surface area contributed by atoms with Crippen LogP contribution in [0.2, 0.25) is 0 Å². The van der Waals surface area contributed by atoms with Gasteiger partial charge in [0.2, 0.25) is 0 Å². The fraction of sp³-hybridized carbons (Fsp3) is 0.244. The van der Waals surface area contributed by atoms with Gasteiger partial charge in [-0.05, 0) is 56.8 Å². The molecule has 0 amide bonds. The van der Waals surface area contributed by atoms with Crippen LogP contribution in [-0.2, 0) is 17.9 Å². The minimum absolute atomic E-state index is 0.0575. The molecule has 44 heavy (non-hydrogen) atoms. The number of nitrogens with zero attached hydrogens (tertiary/aromatic N) is 2. The van der Waals surface area contributed by atoms with Crippen molar-refractivity contribution in [3.8, 4) is 0 Å². The third kappa shape index (κ3) is 4.72. The van der Waals surface area contributed by atoms with E-state index in [-0.39, 0.29) is 6.10 Å². The molecule has 9 rings (SSSR count). The summed E-state index contributed by atoms with van der Waals surface area (Å²) in [6.45, 7) is 8.17. The van der Waals surface area contributed by atoms with Gasteiger partial charge in [-0.1, -0.05) is 103 Å². The van der Waals surface area contributed by atoms with Gasteiger partial charge in [0, 0.05) is 35.9 Å². The number of rotatable bonds is 8. The molecule has 0 N–H and O–H groups in total. The lowest BCUT2D eigenvalue weighted by atomic mass is 9.70. The number of fused-ring (bicyclic) bond motifs is 6. The fourth-order valence-corrected chi connectivity index (χ4v) is 8.49. The van der Waals surface area contributed by atoms with E-state index < -0.39 is 0 Å². The number of hydrogen-bond acceptors (Lipinski definition) is 2. The Morgan fingerprint density at radius 1 is 0.818 bits per heavy atom. The number of para-hydroxylation sites is 1. The summed E-state index contributed by atoms with van der Waals surface area (Å²) in [7, 11) is 0. The summed E-state index contributed by atoms with van der Waals surface area (Å²) in [5.41, 5.74) is 4.97.